The molecular weight excluding hydrogens is 382 g/mol. The van der Waals surface area contributed by atoms with Gasteiger partial charge in [-0.2, -0.15) is 0 Å². The second-order valence-corrected chi connectivity index (χ2v) is 8.32. The van der Waals surface area contributed by atoms with Gasteiger partial charge in [-0.15, -0.1) is 0 Å². The highest BCUT2D eigenvalue weighted by atomic mass is 79.9. The number of rotatable bonds is 6. The molecule has 1 aliphatic carbocycles. The maximum Gasteiger partial charge on any atom is 0.261 e. The molecule has 5 nitrogen and oxygen atoms in total. The number of carbonyl (C=O) groups is 1. The molecule has 0 aliphatic heterocycles. The Hall–Kier alpha value is -0.630. The third-order valence-electron chi connectivity index (χ3n) is 3.18. The fraction of sp³-hybridized carbons (Fsp3) is 0.462. The van der Waals surface area contributed by atoms with Gasteiger partial charge < -0.3 is 9.64 Å². The highest BCUT2D eigenvalue weighted by Crippen LogP contribution is 2.29. The Morgan fingerprint density at radius 1 is 1.43 bits per heavy atom. The van der Waals surface area contributed by atoms with Gasteiger partial charge in [0.15, 0.2) is 0 Å². The first-order valence-electron chi connectivity index (χ1n) is 6.38. The Morgan fingerprint density at radius 3 is 2.62 bits per heavy atom. The average Bonchev–Trinajstić information content (AvgIpc) is 3.22. The predicted molar refractivity (Wildman–Crippen MR) is 83.1 cm³/mol. The van der Waals surface area contributed by atoms with Crippen LogP contribution in [0, 0.1) is 0 Å². The standard InChI is InChI=1S/C13H15BrClNO4S/c1-20-5-4-16(11-2-3-11)13(17)9-6-10(14)8-12(7-9)21(15,18)19/h6-8,11H,2-5H2,1H3. The van der Waals surface area contributed by atoms with E-state index < -0.39 is 9.05 Å². The van der Waals surface area contributed by atoms with Crippen molar-refractivity contribution in [1.29, 1.82) is 0 Å². The van der Waals surface area contributed by atoms with Crippen LogP contribution in [-0.4, -0.2) is 45.5 Å². The maximum absolute atomic E-state index is 12.6. The Morgan fingerprint density at radius 2 is 2.10 bits per heavy atom. The van der Waals surface area contributed by atoms with E-state index in [4.69, 9.17) is 15.4 Å². The number of carbonyl (C=O) groups excluding carboxylic acids is 1. The Bertz CT molecular complexity index is 646. The van der Waals surface area contributed by atoms with Gasteiger partial charge in [-0.3, -0.25) is 4.79 Å². The van der Waals surface area contributed by atoms with Crippen molar-refractivity contribution < 1.29 is 17.9 Å². The predicted octanol–water partition coefficient (Wildman–Crippen LogP) is 2.63. The molecule has 1 aromatic rings. The Kier molecular flexibility index (Phi) is 5.29. The van der Waals surface area contributed by atoms with Crippen molar-refractivity contribution in [2.75, 3.05) is 20.3 Å². The zero-order chi connectivity index (χ0) is 15.6. The number of halogens is 2. The van der Waals surface area contributed by atoms with Crippen LogP contribution < -0.4 is 0 Å². The first-order valence-corrected chi connectivity index (χ1v) is 9.48. The van der Waals surface area contributed by atoms with Gasteiger partial charge in [-0.1, -0.05) is 15.9 Å². The lowest BCUT2D eigenvalue weighted by Crippen LogP contribution is -2.35. The molecule has 0 bridgehead atoms. The van der Waals surface area contributed by atoms with Crippen molar-refractivity contribution in [2.24, 2.45) is 0 Å². The summed E-state index contributed by atoms with van der Waals surface area (Å²) >= 11 is 3.21. The molecule has 0 aromatic heterocycles. The van der Waals surface area contributed by atoms with Crippen LogP contribution >= 0.6 is 26.6 Å². The first kappa shape index (κ1) is 16.7. The molecule has 0 N–H and O–H groups in total. The zero-order valence-electron chi connectivity index (χ0n) is 11.4. The number of ether oxygens (including phenoxy) is 1. The summed E-state index contributed by atoms with van der Waals surface area (Å²) < 4.78 is 28.4. The summed E-state index contributed by atoms with van der Waals surface area (Å²) in [6, 6.07) is 4.48. The second-order valence-electron chi connectivity index (χ2n) is 4.84. The molecule has 1 amide bonds. The third-order valence-corrected chi connectivity index (χ3v) is 4.98. The first-order chi connectivity index (χ1) is 9.82. The topological polar surface area (TPSA) is 63.7 Å². The summed E-state index contributed by atoms with van der Waals surface area (Å²) in [4.78, 5) is 14.2. The lowest BCUT2D eigenvalue weighted by molar-refractivity contribution is 0.0680. The monoisotopic (exact) mass is 395 g/mol. The molecule has 1 fully saturated rings. The van der Waals surface area contributed by atoms with Gasteiger partial charge in [0, 0.05) is 40.4 Å². The molecule has 0 spiro atoms. The summed E-state index contributed by atoms with van der Waals surface area (Å²) in [5.74, 6) is -0.211. The number of methoxy groups -OCH3 is 1. The minimum absolute atomic E-state index is 0.0932. The highest BCUT2D eigenvalue weighted by Gasteiger charge is 2.33. The van der Waals surface area contributed by atoms with Gasteiger partial charge in [0.1, 0.15) is 0 Å². The van der Waals surface area contributed by atoms with Crippen LogP contribution in [0.2, 0.25) is 0 Å². The van der Waals surface area contributed by atoms with Crippen LogP contribution in [0.25, 0.3) is 0 Å². The maximum atomic E-state index is 12.6. The fourth-order valence-electron chi connectivity index (χ4n) is 2.02. The van der Waals surface area contributed by atoms with Crippen molar-refractivity contribution in [3.8, 4) is 0 Å². The smallest absolute Gasteiger partial charge is 0.261 e. The van der Waals surface area contributed by atoms with Crippen LogP contribution in [0.3, 0.4) is 0 Å². The van der Waals surface area contributed by atoms with Crippen LogP contribution in [-0.2, 0) is 13.8 Å². The van der Waals surface area contributed by atoms with E-state index in [0.717, 1.165) is 12.8 Å². The van der Waals surface area contributed by atoms with Gasteiger partial charge in [0.2, 0.25) is 0 Å². The van der Waals surface area contributed by atoms with Crippen LogP contribution in [0.5, 0.6) is 0 Å². The van der Waals surface area contributed by atoms with E-state index >= 15 is 0 Å². The number of nitrogens with zero attached hydrogens (tertiary/aromatic N) is 1. The lowest BCUT2D eigenvalue weighted by Gasteiger charge is -2.22. The fourth-order valence-corrected chi connectivity index (χ4v) is 3.47. The summed E-state index contributed by atoms with van der Waals surface area (Å²) in [6.07, 6.45) is 1.92. The van der Waals surface area contributed by atoms with Gasteiger partial charge in [-0.05, 0) is 31.0 Å². The van der Waals surface area contributed by atoms with E-state index in [0.29, 0.717) is 23.2 Å². The number of hydrogen-bond acceptors (Lipinski definition) is 4. The van der Waals surface area contributed by atoms with Crippen LogP contribution in [0.15, 0.2) is 27.6 Å². The van der Waals surface area contributed by atoms with Crippen LogP contribution in [0.1, 0.15) is 23.2 Å². The minimum atomic E-state index is -3.88. The van der Waals surface area contributed by atoms with Gasteiger partial charge in [0.25, 0.3) is 15.0 Å². The molecule has 2 rings (SSSR count). The molecule has 0 saturated heterocycles. The van der Waals surface area contributed by atoms with Crippen molar-refractivity contribution in [2.45, 2.75) is 23.8 Å². The van der Waals surface area contributed by atoms with Crippen molar-refractivity contribution in [3.63, 3.8) is 0 Å². The number of benzene rings is 1. The molecule has 116 valence electrons. The average molecular weight is 397 g/mol. The Balaban J connectivity index is 2.31. The SMILES string of the molecule is COCCN(C(=O)c1cc(Br)cc(S(=O)(=O)Cl)c1)C1CC1. The zero-order valence-corrected chi connectivity index (χ0v) is 14.5. The number of amides is 1. The molecule has 0 unspecified atom stereocenters. The molecule has 1 saturated carbocycles. The van der Waals surface area contributed by atoms with E-state index in [1.165, 1.54) is 12.1 Å². The third kappa shape index (κ3) is 4.42. The molecule has 21 heavy (non-hydrogen) atoms. The highest BCUT2D eigenvalue weighted by molar-refractivity contribution is 9.10. The van der Waals surface area contributed by atoms with E-state index in [1.807, 2.05) is 0 Å². The largest absolute Gasteiger partial charge is 0.383 e. The second kappa shape index (κ2) is 6.64. The molecule has 8 heteroatoms. The molecular formula is C13H15BrClNO4S. The lowest BCUT2D eigenvalue weighted by atomic mass is 10.2. The minimum Gasteiger partial charge on any atom is -0.383 e. The van der Waals surface area contributed by atoms with E-state index in [-0.39, 0.29) is 16.8 Å². The van der Waals surface area contributed by atoms with Crippen LogP contribution in [0.4, 0.5) is 0 Å². The van der Waals surface area contributed by atoms with E-state index in [9.17, 15) is 13.2 Å². The van der Waals surface area contributed by atoms with Gasteiger partial charge in [-0.25, -0.2) is 8.42 Å². The normalized spacial score (nSPS) is 15.0. The van der Waals surface area contributed by atoms with Crippen molar-refractivity contribution in [1.82, 2.24) is 4.90 Å². The quantitative estimate of drug-likeness (QED) is 0.693. The molecule has 1 aliphatic rings. The Labute approximate surface area is 136 Å². The number of hydrogen-bond donors (Lipinski definition) is 0. The van der Waals surface area contributed by atoms with Gasteiger partial charge in [0.05, 0.1) is 11.5 Å². The van der Waals surface area contributed by atoms with E-state index in [2.05, 4.69) is 15.9 Å². The molecule has 0 radical (unpaired) electrons. The summed E-state index contributed by atoms with van der Waals surface area (Å²) in [6.45, 7) is 0.923. The van der Waals surface area contributed by atoms with Crippen molar-refractivity contribution in [3.05, 3.63) is 28.2 Å². The summed E-state index contributed by atoms with van der Waals surface area (Å²) in [7, 11) is 3.05. The van der Waals surface area contributed by atoms with E-state index in [1.54, 1.807) is 18.1 Å². The molecule has 0 heterocycles. The molecule has 1 aromatic carbocycles. The summed E-state index contributed by atoms with van der Waals surface area (Å²) in [5, 5.41) is 0. The van der Waals surface area contributed by atoms with Crippen molar-refractivity contribution >= 4 is 41.6 Å². The summed E-state index contributed by atoms with van der Waals surface area (Å²) in [5.41, 5.74) is 0.298. The molecule has 0 atom stereocenters. The van der Waals surface area contributed by atoms with Gasteiger partial charge >= 0.3 is 0 Å².